The fourth-order valence-corrected chi connectivity index (χ4v) is 2.49. The molecule has 0 spiro atoms. The van der Waals surface area contributed by atoms with E-state index in [-0.39, 0.29) is 5.97 Å². The molecule has 0 fully saturated rings. The van der Waals surface area contributed by atoms with Gasteiger partial charge in [-0.05, 0) is 57.5 Å². The summed E-state index contributed by atoms with van der Waals surface area (Å²) in [5, 5.41) is 0. The normalized spacial score (nSPS) is 11.4. The van der Waals surface area contributed by atoms with Crippen LogP contribution < -0.4 is 4.74 Å². The first-order chi connectivity index (χ1) is 12.3. The Hall–Kier alpha value is -2.33. The summed E-state index contributed by atoms with van der Waals surface area (Å²) in [7, 11) is 1.93. The molecule has 0 N–H and O–H groups in total. The first kappa shape index (κ1) is 20.0. The minimum absolute atomic E-state index is 0.190. The van der Waals surface area contributed by atoms with Crippen LogP contribution in [0.5, 0.6) is 5.75 Å². The SMILES string of the molecule is CN(CCc1ccc(OCc2ccccc2)cc1)CC(=O)OC(C)(C)C. The lowest BCUT2D eigenvalue weighted by molar-refractivity contribution is -0.155. The van der Waals surface area contributed by atoms with Gasteiger partial charge in [-0.25, -0.2) is 0 Å². The molecule has 0 atom stereocenters. The third-order valence-corrected chi connectivity index (χ3v) is 3.77. The third-order valence-electron chi connectivity index (χ3n) is 3.77. The quantitative estimate of drug-likeness (QED) is 0.669. The first-order valence-electron chi connectivity index (χ1n) is 8.98. The number of nitrogens with zero attached hydrogens (tertiary/aromatic N) is 1. The van der Waals surface area contributed by atoms with Gasteiger partial charge >= 0.3 is 5.97 Å². The molecule has 140 valence electrons. The zero-order valence-electron chi connectivity index (χ0n) is 16.2. The number of esters is 1. The Morgan fingerprint density at radius 1 is 0.962 bits per heavy atom. The van der Waals surface area contributed by atoms with Crippen molar-refractivity contribution in [1.29, 1.82) is 0 Å². The van der Waals surface area contributed by atoms with Gasteiger partial charge in [0.2, 0.25) is 0 Å². The van der Waals surface area contributed by atoms with Crippen LogP contribution in [0.4, 0.5) is 0 Å². The minimum atomic E-state index is -0.437. The van der Waals surface area contributed by atoms with Crippen LogP contribution in [0.15, 0.2) is 54.6 Å². The highest BCUT2D eigenvalue weighted by Crippen LogP contribution is 2.15. The lowest BCUT2D eigenvalue weighted by atomic mass is 10.1. The van der Waals surface area contributed by atoms with Crippen molar-refractivity contribution in [2.75, 3.05) is 20.1 Å². The molecule has 4 nitrogen and oxygen atoms in total. The lowest BCUT2D eigenvalue weighted by Gasteiger charge is -2.22. The number of carbonyl (C=O) groups excluding carboxylic acids is 1. The molecule has 0 aliphatic rings. The van der Waals surface area contributed by atoms with Gasteiger partial charge in [-0.15, -0.1) is 0 Å². The van der Waals surface area contributed by atoms with Crippen molar-refractivity contribution in [3.8, 4) is 5.75 Å². The van der Waals surface area contributed by atoms with Gasteiger partial charge in [-0.3, -0.25) is 9.69 Å². The van der Waals surface area contributed by atoms with Crippen molar-refractivity contribution in [2.24, 2.45) is 0 Å². The molecule has 2 aromatic carbocycles. The number of hydrogen-bond acceptors (Lipinski definition) is 4. The Morgan fingerprint density at radius 2 is 1.62 bits per heavy atom. The molecule has 4 heteroatoms. The second kappa shape index (κ2) is 9.39. The number of benzene rings is 2. The van der Waals surface area contributed by atoms with E-state index in [9.17, 15) is 4.79 Å². The second-order valence-corrected chi connectivity index (χ2v) is 7.49. The van der Waals surface area contributed by atoms with Gasteiger partial charge < -0.3 is 9.47 Å². The molecule has 0 saturated heterocycles. The van der Waals surface area contributed by atoms with Gasteiger partial charge in [0.1, 0.15) is 18.0 Å². The molecule has 0 amide bonds. The Morgan fingerprint density at radius 3 is 2.23 bits per heavy atom. The molecule has 0 bridgehead atoms. The standard InChI is InChI=1S/C22H29NO3/c1-22(2,3)26-21(24)16-23(4)15-14-18-10-12-20(13-11-18)25-17-19-8-6-5-7-9-19/h5-13H,14-17H2,1-4H3. The summed E-state index contributed by atoms with van der Waals surface area (Å²) in [6, 6.07) is 18.2. The van der Waals surface area contributed by atoms with Gasteiger partial charge in [0.15, 0.2) is 0 Å². The summed E-state index contributed by atoms with van der Waals surface area (Å²) in [4.78, 5) is 13.8. The molecule has 0 heterocycles. The highest BCUT2D eigenvalue weighted by molar-refractivity contribution is 5.72. The van der Waals surface area contributed by atoms with Crippen molar-refractivity contribution in [2.45, 2.75) is 39.4 Å². The van der Waals surface area contributed by atoms with Crippen LogP contribution in [-0.4, -0.2) is 36.6 Å². The maximum atomic E-state index is 11.8. The van der Waals surface area contributed by atoms with Gasteiger partial charge in [0, 0.05) is 6.54 Å². The van der Waals surface area contributed by atoms with Crippen molar-refractivity contribution in [3.63, 3.8) is 0 Å². The van der Waals surface area contributed by atoms with Gasteiger partial charge in [-0.2, -0.15) is 0 Å². The summed E-state index contributed by atoms with van der Waals surface area (Å²) < 4.78 is 11.1. The smallest absolute Gasteiger partial charge is 0.320 e. The number of carbonyl (C=O) groups is 1. The molecule has 0 aliphatic carbocycles. The van der Waals surface area contributed by atoms with E-state index >= 15 is 0 Å². The summed E-state index contributed by atoms with van der Waals surface area (Å²) in [6.07, 6.45) is 0.873. The number of hydrogen-bond donors (Lipinski definition) is 0. The largest absolute Gasteiger partial charge is 0.489 e. The molecule has 0 aliphatic heterocycles. The van der Waals surface area contributed by atoms with Gasteiger partial charge in [0.25, 0.3) is 0 Å². The maximum Gasteiger partial charge on any atom is 0.320 e. The van der Waals surface area contributed by atoms with E-state index in [2.05, 4.69) is 24.3 Å². The van der Waals surface area contributed by atoms with Crippen LogP contribution in [-0.2, 0) is 22.6 Å². The van der Waals surface area contributed by atoms with Crippen LogP contribution in [0, 0.1) is 0 Å². The Labute approximate surface area is 156 Å². The zero-order valence-corrected chi connectivity index (χ0v) is 16.2. The first-order valence-corrected chi connectivity index (χ1v) is 8.98. The Kier molecular flexibility index (Phi) is 7.22. The Bertz CT molecular complexity index is 675. The molecule has 0 aromatic heterocycles. The van der Waals surface area contributed by atoms with E-state index in [0.29, 0.717) is 13.2 Å². The molecule has 26 heavy (non-hydrogen) atoms. The summed E-state index contributed by atoms with van der Waals surface area (Å²) in [6.45, 7) is 7.31. The van der Waals surface area contributed by atoms with Crippen LogP contribution in [0.1, 0.15) is 31.9 Å². The molecular formula is C22H29NO3. The maximum absolute atomic E-state index is 11.8. The predicted molar refractivity (Wildman–Crippen MR) is 104 cm³/mol. The van der Waals surface area contributed by atoms with Gasteiger partial charge in [0.05, 0.1) is 6.54 Å². The Balaban J connectivity index is 1.74. The van der Waals surface area contributed by atoms with Gasteiger partial charge in [-0.1, -0.05) is 42.5 Å². The minimum Gasteiger partial charge on any atom is -0.489 e. The third kappa shape index (κ3) is 7.70. The highest BCUT2D eigenvalue weighted by Gasteiger charge is 2.17. The summed E-state index contributed by atoms with van der Waals surface area (Å²) in [5.41, 5.74) is 1.93. The monoisotopic (exact) mass is 355 g/mol. The molecule has 2 rings (SSSR count). The van der Waals surface area contributed by atoms with Crippen molar-refractivity contribution < 1.29 is 14.3 Å². The topological polar surface area (TPSA) is 38.8 Å². The highest BCUT2D eigenvalue weighted by atomic mass is 16.6. The van der Waals surface area contributed by atoms with E-state index in [4.69, 9.17) is 9.47 Å². The molecule has 2 aromatic rings. The molecule has 0 unspecified atom stereocenters. The lowest BCUT2D eigenvalue weighted by Crippen LogP contribution is -2.33. The van der Waals surface area contributed by atoms with Crippen LogP contribution >= 0.6 is 0 Å². The van der Waals surface area contributed by atoms with Crippen molar-refractivity contribution in [3.05, 3.63) is 65.7 Å². The number of ether oxygens (including phenoxy) is 2. The number of likely N-dealkylation sites (N-methyl/N-ethyl adjacent to an activating group) is 1. The number of rotatable bonds is 8. The molecule has 0 saturated carbocycles. The predicted octanol–water partition coefficient (Wildman–Crippen LogP) is 4.08. The van der Waals surface area contributed by atoms with Crippen molar-refractivity contribution in [1.82, 2.24) is 4.90 Å². The zero-order chi connectivity index (χ0) is 19.0. The van der Waals surface area contributed by atoms with Crippen LogP contribution in [0.25, 0.3) is 0 Å². The summed E-state index contributed by atoms with van der Waals surface area (Å²) >= 11 is 0. The van der Waals surface area contributed by atoms with Crippen LogP contribution in [0.3, 0.4) is 0 Å². The van der Waals surface area contributed by atoms with Crippen LogP contribution in [0.2, 0.25) is 0 Å². The van der Waals surface area contributed by atoms with E-state index in [0.717, 1.165) is 24.3 Å². The fourth-order valence-electron chi connectivity index (χ4n) is 2.49. The molecule has 0 radical (unpaired) electrons. The summed E-state index contributed by atoms with van der Waals surface area (Å²) in [5.74, 6) is 0.671. The van der Waals surface area contributed by atoms with E-state index in [1.807, 2.05) is 63.1 Å². The van der Waals surface area contributed by atoms with E-state index in [1.54, 1.807) is 0 Å². The van der Waals surface area contributed by atoms with Crippen molar-refractivity contribution >= 4 is 5.97 Å². The molecular weight excluding hydrogens is 326 g/mol. The average Bonchev–Trinajstić information content (AvgIpc) is 2.58. The second-order valence-electron chi connectivity index (χ2n) is 7.49. The van der Waals surface area contributed by atoms with E-state index in [1.165, 1.54) is 5.56 Å². The average molecular weight is 355 g/mol. The fraction of sp³-hybridized carbons (Fsp3) is 0.409. The van der Waals surface area contributed by atoms with E-state index < -0.39 is 5.60 Å².